The van der Waals surface area contributed by atoms with Gasteiger partial charge in [0.15, 0.2) is 0 Å². The second kappa shape index (κ2) is 6.41. The standard InChI is InChI=1S/C17H17N3O2/c1-22-15-9-7-14(8-10-15)20-17(16(12-21)18-19-20)11-13-5-3-2-4-6-13/h2-10,21H,11-12H2,1H3. The predicted molar refractivity (Wildman–Crippen MR) is 83.1 cm³/mol. The molecule has 0 aliphatic rings. The summed E-state index contributed by atoms with van der Waals surface area (Å²) in [5.41, 5.74) is 3.52. The van der Waals surface area contributed by atoms with E-state index in [1.54, 1.807) is 11.8 Å². The number of hydrogen-bond acceptors (Lipinski definition) is 4. The predicted octanol–water partition coefficient (Wildman–Crippen LogP) is 2.36. The third kappa shape index (κ3) is 2.84. The minimum absolute atomic E-state index is 0.127. The Bertz CT molecular complexity index is 736. The molecule has 0 saturated heterocycles. The van der Waals surface area contributed by atoms with Crippen molar-refractivity contribution in [1.82, 2.24) is 15.0 Å². The Labute approximate surface area is 128 Å². The Morgan fingerprint density at radius 3 is 2.41 bits per heavy atom. The Hall–Kier alpha value is -2.66. The number of ether oxygens (including phenoxy) is 1. The fraction of sp³-hybridized carbons (Fsp3) is 0.176. The molecule has 3 rings (SSSR count). The van der Waals surface area contributed by atoms with Crippen molar-refractivity contribution in [2.45, 2.75) is 13.0 Å². The molecule has 1 heterocycles. The van der Waals surface area contributed by atoms with E-state index in [0.717, 1.165) is 22.7 Å². The van der Waals surface area contributed by atoms with Crippen LogP contribution in [0, 0.1) is 0 Å². The average Bonchev–Trinajstić information content (AvgIpc) is 2.98. The van der Waals surface area contributed by atoms with Gasteiger partial charge in [-0.3, -0.25) is 0 Å². The maximum Gasteiger partial charge on any atom is 0.119 e. The highest BCUT2D eigenvalue weighted by Gasteiger charge is 2.14. The number of nitrogens with zero attached hydrogens (tertiary/aromatic N) is 3. The zero-order chi connectivity index (χ0) is 15.4. The molecule has 2 aromatic carbocycles. The van der Waals surface area contributed by atoms with Crippen molar-refractivity contribution in [2.75, 3.05) is 7.11 Å². The molecule has 22 heavy (non-hydrogen) atoms. The summed E-state index contributed by atoms with van der Waals surface area (Å²) >= 11 is 0. The Morgan fingerprint density at radius 2 is 1.77 bits per heavy atom. The topological polar surface area (TPSA) is 60.2 Å². The van der Waals surface area contributed by atoms with Crippen molar-refractivity contribution in [2.24, 2.45) is 0 Å². The van der Waals surface area contributed by atoms with Crippen molar-refractivity contribution in [1.29, 1.82) is 0 Å². The SMILES string of the molecule is COc1ccc(-n2nnc(CO)c2Cc2ccccc2)cc1. The molecule has 0 fully saturated rings. The van der Waals surface area contributed by atoms with E-state index < -0.39 is 0 Å². The van der Waals surface area contributed by atoms with Gasteiger partial charge < -0.3 is 9.84 Å². The number of benzene rings is 2. The minimum Gasteiger partial charge on any atom is -0.497 e. The molecule has 0 spiro atoms. The number of aliphatic hydroxyl groups excluding tert-OH is 1. The van der Waals surface area contributed by atoms with Crippen LogP contribution < -0.4 is 4.74 Å². The fourth-order valence-corrected chi connectivity index (χ4v) is 2.35. The summed E-state index contributed by atoms with van der Waals surface area (Å²) in [5.74, 6) is 0.788. The van der Waals surface area contributed by atoms with Crippen LogP contribution in [0.4, 0.5) is 0 Å². The summed E-state index contributed by atoms with van der Waals surface area (Å²) in [7, 11) is 1.63. The van der Waals surface area contributed by atoms with Gasteiger partial charge in [-0.25, -0.2) is 4.68 Å². The molecule has 0 bridgehead atoms. The lowest BCUT2D eigenvalue weighted by molar-refractivity contribution is 0.275. The van der Waals surface area contributed by atoms with Crippen molar-refractivity contribution >= 4 is 0 Å². The van der Waals surface area contributed by atoms with Crippen molar-refractivity contribution < 1.29 is 9.84 Å². The van der Waals surface area contributed by atoms with E-state index in [-0.39, 0.29) is 6.61 Å². The van der Waals surface area contributed by atoms with Crippen LogP contribution in [0.5, 0.6) is 5.75 Å². The molecule has 5 nitrogen and oxygen atoms in total. The normalized spacial score (nSPS) is 10.6. The van der Waals surface area contributed by atoms with Gasteiger partial charge in [0, 0.05) is 6.42 Å². The van der Waals surface area contributed by atoms with Crippen LogP contribution in [0.3, 0.4) is 0 Å². The van der Waals surface area contributed by atoms with E-state index in [1.807, 2.05) is 54.6 Å². The Morgan fingerprint density at radius 1 is 1.05 bits per heavy atom. The van der Waals surface area contributed by atoms with Gasteiger partial charge >= 0.3 is 0 Å². The number of methoxy groups -OCH3 is 1. The Balaban J connectivity index is 1.99. The van der Waals surface area contributed by atoms with E-state index in [1.165, 1.54) is 0 Å². The van der Waals surface area contributed by atoms with Crippen LogP contribution in [-0.4, -0.2) is 27.2 Å². The highest BCUT2D eigenvalue weighted by Crippen LogP contribution is 2.19. The van der Waals surface area contributed by atoms with Crippen LogP contribution in [0.1, 0.15) is 17.0 Å². The molecule has 0 atom stereocenters. The fourth-order valence-electron chi connectivity index (χ4n) is 2.35. The van der Waals surface area contributed by atoms with Gasteiger partial charge in [-0.2, -0.15) is 0 Å². The summed E-state index contributed by atoms with van der Waals surface area (Å²) in [6.45, 7) is -0.127. The quantitative estimate of drug-likeness (QED) is 0.785. The molecule has 0 aliphatic heterocycles. The summed E-state index contributed by atoms with van der Waals surface area (Å²) in [5, 5.41) is 17.8. The van der Waals surface area contributed by atoms with Crippen LogP contribution in [0.15, 0.2) is 54.6 Å². The van der Waals surface area contributed by atoms with Crippen molar-refractivity contribution in [3.05, 3.63) is 71.5 Å². The van der Waals surface area contributed by atoms with Crippen molar-refractivity contribution in [3.63, 3.8) is 0 Å². The summed E-state index contributed by atoms with van der Waals surface area (Å²) < 4.78 is 6.93. The first-order valence-electron chi connectivity index (χ1n) is 7.04. The smallest absolute Gasteiger partial charge is 0.119 e. The average molecular weight is 295 g/mol. The summed E-state index contributed by atoms with van der Waals surface area (Å²) in [6.07, 6.45) is 0.662. The van der Waals surface area contributed by atoms with E-state index in [2.05, 4.69) is 10.3 Å². The molecule has 3 aromatic rings. The lowest BCUT2D eigenvalue weighted by Crippen LogP contribution is -2.05. The zero-order valence-electron chi connectivity index (χ0n) is 12.3. The molecule has 0 unspecified atom stereocenters. The zero-order valence-corrected chi connectivity index (χ0v) is 12.3. The van der Waals surface area contributed by atoms with Gasteiger partial charge in [-0.15, -0.1) is 5.10 Å². The second-order valence-corrected chi connectivity index (χ2v) is 4.91. The third-order valence-electron chi connectivity index (χ3n) is 3.52. The molecule has 0 saturated carbocycles. The summed E-state index contributed by atoms with van der Waals surface area (Å²) in [6, 6.07) is 17.7. The number of rotatable bonds is 5. The molecule has 1 aromatic heterocycles. The van der Waals surface area contributed by atoms with Crippen LogP contribution in [0.25, 0.3) is 5.69 Å². The summed E-state index contributed by atoms with van der Waals surface area (Å²) in [4.78, 5) is 0. The molecule has 112 valence electrons. The lowest BCUT2D eigenvalue weighted by Gasteiger charge is -2.08. The van der Waals surface area contributed by atoms with Crippen LogP contribution in [-0.2, 0) is 13.0 Å². The maximum atomic E-state index is 9.50. The van der Waals surface area contributed by atoms with Gasteiger partial charge in [0.25, 0.3) is 0 Å². The molecule has 1 N–H and O–H groups in total. The largest absolute Gasteiger partial charge is 0.497 e. The van der Waals surface area contributed by atoms with Crippen molar-refractivity contribution in [3.8, 4) is 11.4 Å². The number of hydrogen-bond donors (Lipinski definition) is 1. The van der Waals surface area contributed by atoms with Gasteiger partial charge in [-0.1, -0.05) is 35.5 Å². The van der Waals surface area contributed by atoms with Crippen LogP contribution >= 0.6 is 0 Å². The lowest BCUT2D eigenvalue weighted by atomic mass is 10.1. The van der Waals surface area contributed by atoms with Gasteiger partial charge in [0.2, 0.25) is 0 Å². The first kappa shape index (κ1) is 14.3. The van der Waals surface area contributed by atoms with E-state index >= 15 is 0 Å². The number of aromatic nitrogens is 3. The molecular formula is C17H17N3O2. The van der Waals surface area contributed by atoms with E-state index in [0.29, 0.717) is 12.1 Å². The first-order chi connectivity index (χ1) is 10.8. The monoisotopic (exact) mass is 295 g/mol. The Kier molecular flexibility index (Phi) is 4.16. The maximum absolute atomic E-state index is 9.50. The van der Waals surface area contributed by atoms with E-state index in [4.69, 9.17) is 4.74 Å². The molecular weight excluding hydrogens is 278 g/mol. The van der Waals surface area contributed by atoms with Gasteiger partial charge in [-0.05, 0) is 29.8 Å². The second-order valence-electron chi connectivity index (χ2n) is 4.91. The first-order valence-corrected chi connectivity index (χ1v) is 7.04. The third-order valence-corrected chi connectivity index (χ3v) is 3.52. The highest BCUT2D eigenvalue weighted by atomic mass is 16.5. The number of aliphatic hydroxyl groups is 1. The van der Waals surface area contributed by atoms with Crippen LogP contribution in [0.2, 0.25) is 0 Å². The molecule has 0 radical (unpaired) electrons. The molecule has 0 aliphatic carbocycles. The van der Waals surface area contributed by atoms with Gasteiger partial charge in [0.05, 0.1) is 25.1 Å². The van der Waals surface area contributed by atoms with Gasteiger partial charge in [0.1, 0.15) is 11.4 Å². The molecule has 0 amide bonds. The highest BCUT2D eigenvalue weighted by molar-refractivity contribution is 5.39. The minimum atomic E-state index is -0.127. The van der Waals surface area contributed by atoms with E-state index in [9.17, 15) is 5.11 Å². The molecule has 5 heteroatoms.